The Balaban J connectivity index is 0.00000364. The molecule has 2 rings (SSSR count). The molecule has 0 saturated heterocycles. The van der Waals surface area contributed by atoms with Gasteiger partial charge >= 0.3 is 0 Å². The Bertz CT molecular complexity index is 665. The van der Waals surface area contributed by atoms with Crippen LogP contribution in [0.25, 0.3) is 0 Å². The summed E-state index contributed by atoms with van der Waals surface area (Å²) in [7, 11) is 1.69. The largest absolute Gasteiger partial charge is 0.383 e. The Hall–Kier alpha value is -1.64. The van der Waals surface area contributed by atoms with E-state index in [1.165, 1.54) is 16.7 Å². The van der Waals surface area contributed by atoms with Crippen molar-refractivity contribution in [1.82, 2.24) is 10.6 Å². The number of nitrogens with one attached hydrogen (secondary N) is 2. The lowest BCUT2D eigenvalue weighted by Gasteiger charge is -2.12. The van der Waals surface area contributed by atoms with E-state index in [1.807, 2.05) is 30.3 Å². The third kappa shape index (κ3) is 9.21. The van der Waals surface area contributed by atoms with Crippen LogP contribution in [0, 0.1) is 0 Å². The fraction of sp³-hybridized carbons (Fsp3) is 0.381. The van der Waals surface area contributed by atoms with E-state index in [4.69, 9.17) is 9.47 Å². The lowest BCUT2D eigenvalue weighted by Crippen LogP contribution is -2.38. The zero-order valence-electron chi connectivity index (χ0n) is 16.1. The van der Waals surface area contributed by atoms with E-state index in [1.54, 1.807) is 7.11 Å². The molecule has 0 amide bonds. The number of methoxy groups -OCH3 is 1. The standard InChI is InChI=1S/C21H29N3O2.HI/c1-3-22-21(23-13-14-25-2)24-15-19-11-7-8-12-20(19)17-26-16-18-9-5-4-6-10-18;/h4-12H,3,13-17H2,1-2H3,(H2,22,23,24);1H. The van der Waals surface area contributed by atoms with Crippen molar-refractivity contribution in [3.05, 3.63) is 71.3 Å². The van der Waals surface area contributed by atoms with Crippen LogP contribution >= 0.6 is 24.0 Å². The van der Waals surface area contributed by atoms with E-state index in [9.17, 15) is 0 Å². The zero-order valence-corrected chi connectivity index (χ0v) is 18.4. The molecule has 0 saturated carbocycles. The fourth-order valence-corrected chi connectivity index (χ4v) is 2.48. The highest BCUT2D eigenvalue weighted by molar-refractivity contribution is 14.0. The Labute approximate surface area is 179 Å². The van der Waals surface area contributed by atoms with Gasteiger partial charge in [-0.25, -0.2) is 4.99 Å². The van der Waals surface area contributed by atoms with Crippen molar-refractivity contribution in [1.29, 1.82) is 0 Å². The third-order valence-electron chi connectivity index (χ3n) is 3.84. The number of benzene rings is 2. The monoisotopic (exact) mass is 483 g/mol. The maximum atomic E-state index is 5.88. The van der Waals surface area contributed by atoms with Gasteiger partial charge in [0.25, 0.3) is 0 Å². The minimum absolute atomic E-state index is 0. The SMILES string of the molecule is CCNC(=NCc1ccccc1COCc1ccccc1)NCCOC.I. The number of hydrogen-bond acceptors (Lipinski definition) is 3. The van der Waals surface area contributed by atoms with Crippen LogP contribution in [0.1, 0.15) is 23.6 Å². The predicted octanol–water partition coefficient (Wildman–Crippen LogP) is 3.72. The Morgan fingerprint density at radius 1 is 0.926 bits per heavy atom. The second-order valence-corrected chi connectivity index (χ2v) is 5.86. The first-order valence-corrected chi connectivity index (χ1v) is 9.03. The summed E-state index contributed by atoms with van der Waals surface area (Å²) >= 11 is 0. The highest BCUT2D eigenvalue weighted by Crippen LogP contribution is 2.13. The lowest BCUT2D eigenvalue weighted by molar-refractivity contribution is 0.106. The number of nitrogens with zero attached hydrogens (tertiary/aromatic N) is 1. The normalized spacial score (nSPS) is 11.0. The van der Waals surface area contributed by atoms with Gasteiger partial charge in [0.05, 0.1) is 26.4 Å². The van der Waals surface area contributed by atoms with Crippen molar-refractivity contribution >= 4 is 29.9 Å². The second-order valence-electron chi connectivity index (χ2n) is 5.86. The molecule has 0 spiro atoms. The molecule has 6 heteroatoms. The maximum Gasteiger partial charge on any atom is 0.191 e. The van der Waals surface area contributed by atoms with Crippen LogP contribution in [0.2, 0.25) is 0 Å². The lowest BCUT2D eigenvalue weighted by atomic mass is 10.1. The molecular formula is C21H30IN3O2. The van der Waals surface area contributed by atoms with Crippen molar-refractivity contribution in [3.8, 4) is 0 Å². The number of aliphatic imine (C=N–C) groups is 1. The summed E-state index contributed by atoms with van der Waals surface area (Å²) in [4.78, 5) is 4.67. The van der Waals surface area contributed by atoms with E-state index in [0.29, 0.717) is 26.4 Å². The van der Waals surface area contributed by atoms with Crippen LogP contribution in [0.3, 0.4) is 0 Å². The molecule has 0 bridgehead atoms. The van der Waals surface area contributed by atoms with Gasteiger partial charge in [-0.05, 0) is 23.6 Å². The summed E-state index contributed by atoms with van der Waals surface area (Å²) in [5.41, 5.74) is 3.52. The van der Waals surface area contributed by atoms with Crippen molar-refractivity contribution in [2.45, 2.75) is 26.7 Å². The molecule has 5 nitrogen and oxygen atoms in total. The van der Waals surface area contributed by atoms with Gasteiger partial charge in [-0.15, -0.1) is 24.0 Å². The highest BCUT2D eigenvalue weighted by atomic mass is 127. The molecule has 2 N–H and O–H groups in total. The summed E-state index contributed by atoms with van der Waals surface area (Å²) in [6, 6.07) is 18.5. The van der Waals surface area contributed by atoms with Crippen LogP contribution in [0.4, 0.5) is 0 Å². The fourth-order valence-electron chi connectivity index (χ4n) is 2.48. The third-order valence-corrected chi connectivity index (χ3v) is 3.84. The second kappa shape index (κ2) is 14.4. The van der Waals surface area contributed by atoms with Gasteiger partial charge in [0.2, 0.25) is 0 Å². The summed E-state index contributed by atoms with van der Waals surface area (Å²) < 4.78 is 11.0. The van der Waals surface area contributed by atoms with Gasteiger partial charge in [0, 0.05) is 20.2 Å². The summed E-state index contributed by atoms with van der Waals surface area (Å²) in [6.45, 7) is 6.04. The van der Waals surface area contributed by atoms with Crippen molar-refractivity contribution in [2.75, 3.05) is 26.8 Å². The Morgan fingerprint density at radius 3 is 2.33 bits per heavy atom. The Morgan fingerprint density at radius 2 is 1.63 bits per heavy atom. The molecule has 0 radical (unpaired) electrons. The van der Waals surface area contributed by atoms with Gasteiger partial charge in [-0.2, -0.15) is 0 Å². The number of rotatable bonds is 10. The van der Waals surface area contributed by atoms with Gasteiger partial charge in [0.1, 0.15) is 0 Å². The number of ether oxygens (including phenoxy) is 2. The van der Waals surface area contributed by atoms with Crippen molar-refractivity contribution in [3.63, 3.8) is 0 Å². The maximum absolute atomic E-state index is 5.88. The zero-order chi connectivity index (χ0) is 18.5. The molecule has 0 aliphatic heterocycles. The van der Waals surface area contributed by atoms with Crippen LogP contribution in [0.5, 0.6) is 0 Å². The predicted molar refractivity (Wildman–Crippen MR) is 121 cm³/mol. The van der Waals surface area contributed by atoms with E-state index < -0.39 is 0 Å². The molecule has 0 atom stereocenters. The van der Waals surface area contributed by atoms with Crippen LogP contribution in [-0.2, 0) is 29.2 Å². The van der Waals surface area contributed by atoms with Gasteiger partial charge in [-0.3, -0.25) is 0 Å². The molecule has 27 heavy (non-hydrogen) atoms. The molecule has 0 aromatic heterocycles. The van der Waals surface area contributed by atoms with E-state index in [2.05, 4.69) is 46.8 Å². The first-order valence-electron chi connectivity index (χ1n) is 9.03. The van der Waals surface area contributed by atoms with E-state index in [0.717, 1.165) is 19.0 Å². The van der Waals surface area contributed by atoms with Crippen molar-refractivity contribution < 1.29 is 9.47 Å². The van der Waals surface area contributed by atoms with E-state index in [-0.39, 0.29) is 24.0 Å². The topological polar surface area (TPSA) is 54.9 Å². The van der Waals surface area contributed by atoms with Crippen LogP contribution in [0.15, 0.2) is 59.6 Å². The number of halogens is 1. The van der Waals surface area contributed by atoms with Crippen LogP contribution < -0.4 is 10.6 Å². The number of hydrogen-bond donors (Lipinski definition) is 2. The first-order chi connectivity index (χ1) is 12.8. The molecule has 0 aliphatic rings. The molecule has 2 aromatic rings. The average Bonchev–Trinajstić information content (AvgIpc) is 2.68. The van der Waals surface area contributed by atoms with Crippen LogP contribution in [-0.4, -0.2) is 32.8 Å². The Kier molecular flexibility index (Phi) is 12.5. The highest BCUT2D eigenvalue weighted by Gasteiger charge is 2.03. The molecule has 0 unspecified atom stereocenters. The summed E-state index contributed by atoms with van der Waals surface area (Å²) in [5, 5.41) is 6.51. The summed E-state index contributed by atoms with van der Waals surface area (Å²) in [5.74, 6) is 0.796. The average molecular weight is 483 g/mol. The minimum Gasteiger partial charge on any atom is -0.383 e. The minimum atomic E-state index is 0. The molecule has 0 aliphatic carbocycles. The quantitative estimate of drug-likeness (QED) is 0.234. The summed E-state index contributed by atoms with van der Waals surface area (Å²) in [6.07, 6.45) is 0. The molecule has 2 aromatic carbocycles. The smallest absolute Gasteiger partial charge is 0.191 e. The van der Waals surface area contributed by atoms with E-state index >= 15 is 0 Å². The molecule has 148 valence electrons. The van der Waals surface area contributed by atoms with Gasteiger partial charge in [-0.1, -0.05) is 54.6 Å². The van der Waals surface area contributed by atoms with Crippen molar-refractivity contribution in [2.24, 2.45) is 4.99 Å². The molecule has 0 fully saturated rings. The molecule has 0 heterocycles. The van der Waals surface area contributed by atoms with Gasteiger partial charge < -0.3 is 20.1 Å². The van der Waals surface area contributed by atoms with Gasteiger partial charge in [0.15, 0.2) is 5.96 Å². The number of guanidine groups is 1. The molecular weight excluding hydrogens is 453 g/mol. The first kappa shape index (κ1) is 23.4.